The van der Waals surface area contributed by atoms with Crippen LogP contribution in [0.1, 0.15) is 30.1 Å². The van der Waals surface area contributed by atoms with Crippen molar-refractivity contribution in [2.24, 2.45) is 0 Å². The second-order valence-corrected chi connectivity index (χ2v) is 5.78. The van der Waals surface area contributed by atoms with Crippen molar-refractivity contribution in [2.75, 3.05) is 31.6 Å². The van der Waals surface area contributed by atoms with E-state index in [0.717, 1.165) is 13.0 Å². The van der Waals surface area contributed by atoms with Gasteiger partial charge in [-0.15, -0.1) is 10.2 Å². The standard InChI is InChI=1S/C12H20N4O3S/c1-3-4-13-12-15-14-10(20-12)11(18)16-5-8(2)19-9(6-16)7-17/h8-9,17H,3-7H2,1-2H3,(H,13,15). The maximum absolute atomic E-state index is 12.4. The molecule has 1 aliphatic rings. The average Bonchev–Trinajstić information content (AvgIpc) is 2.92. The van der Waals surface area contributed by atoms with Crippen LogP contribution >= 0.6 is 11.3 Å². The van der Waals surface area contributed by atoms with Crippen molar-refractivity contribution < 1.29 is 14.6 Å². The fourth-order valence-electron chi connectivity index (χ4n) is 2.06. The molecule has 8 heteroatoms. The van der Waals surface area contributed by atoms with Gasteiger partial charge in [0.15, 0.2) is 0 Å². The lowest BCUT2D eigenvalue weighted by Crippen LogP contribution is -2.50. The topological polar surface area (TPSA) is 87.6 Å². The predicted octanol–water partition coefficient (Wildman–Crippen LogP) is 0.582. The van der Waals surface area contributed by atoms with Crippen LogP contribution < -0.4 is 5.32 Å². The van der Waals surface area contributed by atoms with E-state index in [-0.39, 0.29) is 24.7 Å². The largest absolute Gasteiger partial charge is 0.394 e. The van der Waals surface area contributed by atoms with Crippen LogP contribution in [0.4, 0.5) is 5.13 Å². The number of carbonyl (C=O) groups is 1. The monoisotopic (exact) mass is 300 g/mol. The molecule has 2 rings (SSSR count). The molecule has 1 aliphatic heterocycles. The summed E-state index contributed by atoms with van der Waals surface area (Å²) in [6, 6.07) is 0. The number of hydrogen-bond donors (Lipinski definition) is 2. The fraction of sp³-hybridized carbons (Fsp3) is 0.750. The Bertz CT molecular complexity index is 454. The molecular formula is C12H20N4O3S. The number of morpholine rings is 1. The summed E-state index contributed by atoms with van der Waals surface area (Å²) in [5.41, 5.74) is 0. The van der Waals surface area contributed by atoms with E-state index >= 15 is 0 Å². The Hall–Kier alpha value is -1.25. The molecule has 1 saturated heterocycles. The van der Waals surface area contributed by atoms with Gasteiger partial charge in [-0.1, -0.05) is 18.3 Å². The molecule has 20 heavy (non-hydrogen) atoms. The molecule has 0 radical (unpaired) electrons. The number of ether oxygens (including phenoxy) is 1. The third kappa shape index (κ3) is 3.65. The van der Waals surface area contributed by atoms with Crippen molar-refractivity contribution in [3.63, 3.8) is 0 Å². The molecule has 0 spiro atoms. The van der Waals surface area contributed by atoms with Crippen molar-refractivity contribution in [3.05, 3.63) is 5.01 Å². The Morgan fingerprint density at radius 1 is 1.55 bits per heavy atom. The Kier molecular flexibility index (Phi) is 5.27. The van der Waals surface area contributed by atoms with Crippen LogP contribution in [0.25, 0.3) is 0 Å². The summed E-state index contributed by atoms with van der Waals surface area (Å²) in [5, 5.41) is 21.2. The van der Waals surface area contributed by atoms with Gasteiger partial charge in [0.2, 0.25) is 10.1 Å². The van der Waals surface area contributed by atoms with Crippen molar-refractivity contribution in [2.45, 2.75) is 32.5 Å². The summed E-state index contributed by atoms with van der Waals surface area (Å²) in [5.74, 6) is -0.152. The lowest BCUT2D eigenvalue weighted by molar-refractivity contribution is -0.0858. The molecule has 2 atom stereocenters. The van der Waals surface area contributed by atoms with Gasteiger partial charge < -0.3 is 20.1 Å². The zero-order valence-corrected chi connectivity index (χ0v) is 12.5. The molecule has 0 bridgehead atoms. The molecule has 1 amide bonds. The van der Waals surface area contributed by atoms with E-state index in [1.165, 1.54) is 11.3 Å². The minimum absolute atomic E-state index is 0.0875. The SMILES string of the molecule is CCCNc1nnc(C(=O)N2CC(C)OC(CO)C2)s1. The first kappa shape index (κ1) is 15.1. The van der Waals surface area contributed by atoms with Crippen LogP contribution in [-0.2, 0) is 4.74 Å². The highest BCUT2D eigenvalue weighted by molar-refractivity contribution is 7.17. The Morgan fingerprint density at radius 3 is 3.05 bits per heavy atom. The first-order valence-corrected chi connectivity index (χ1v) is 7.58. The van der Waals surface area contributed by atoms with Crippen molar-refractivity contribution in [1.82, 2.24) is 15.1 Å². The Labute approximate surface area is 122 Å². The van der Waals surface area contributed by atoms with E-state index in [4.69, 9.17) is 4.74 Å². The number of hydrogen-bond acceptors (Lipinski definition) is 7. The van der Waals surface area contributed by atoms with Crippen LogP contribution in [-0.4, -0.2) is 64.6 Å². The molecule has 0 aliphatic carbocycles. The first-order valence-electron chi connectivity index (χ1n) is 6.77. The summed E-state index contributed by atoms with van der Waals surface area (Å²) in [6.45, 7) is 5.56. The zero-order valence-electron chi connectivity index (χ0n) is 11.7. The second-order valence-electron chi connectivity index (χ2n) is 4.80. The average molecular weight is 300 g/mol. The minimum atomic E-state index is -0.326. The molecule has 1 aromatic rings. The van der Waals surface area contributed by atoms with Crippen LogP contribution in [0.2, 0.25) is 0 Å². The van der Waals surface area contributed by atoms with E-state index in [9.17, 15) is 9.90 Å². The maximum atomic E-state index is 12.4. The molecule has 0 aromatic carbocycles. The van der Waals surface area contributed by atoms with Crippen LogP contribution in [0, 0.1) is 0 Å². The molecule has 1 fully saturated rings. The number of amides is 1. The summed E-state index contributed by atoms with van der Waals surface area (Å²) in [6.07, 6.45) is 0.575. The quantitative estimate of drug-likeness (QED) is 0.827. The highest BCUT2D eigenvalue weighted by Crippen LogP contribution is 2.19. The van der Waals surface area contributed by atoms with E-state index in [1.807, 2.05) is 6.92 Å². The van der Waals surface area contributed by atoms with Gasteiger partial charge in [0.25, 0.3) is 5.91 Å². The van der Waals surface area contributed by atoms with Gasteiger partial charge in [-0.05, 0) is 13.3 Å². The maximum Gasteiger partial charge on any atom is 0.285 e. The number of aliphatic hydroxyl groups excluding tert-OH is 1. The lowest BCUT2D eigenvalue weighted by atomic mass is 10.2. The van der Waals surface area contributed by atoms with Crippen LogP contribution in [0.3, 0.4) is 0 Å². The van der Waals surface area contributed by atoms with Crippen LogP contribution in [0.15, 0.2) is 0 Å². The second kappa shape index (κ2) is 6.96. The molecular weight excluding hydrogens is 280 g/mol. The van der Waals surface area contributed by atoms with Gasteiger partial charge >= 0.3 is 0 Å². The van der Waals surface area contributed by atoms with Gasteiger partial charge in [0, 0.05) is 19.6 Å². The summed E-state index contributed by atoms with van der Waals surface area (Å²) < 4.78 is 5.52. The highest BCUT2D eigenvalue weighted by Gasteiger charge is 2.30. The van der Waals surface area contributed by atoms with Gasteiger partial charge in [-0.2, -0.15) is 0 Å². The summed E-state index contributed by atoms with van der Waals surface area (Å²) >= 11 is 1.26. The number of nitrogens with one attached hydrogen (secondary N) is 1. The van der Waals surface area contributed by atoms with Crippen molar-refractivity contribution >= 4 is 22.4 Å². The normalized spacial score (nSPS) is 22.9. The van der Waals surface area contributed by atoms with Gasteiger partial charge in [0.1, 0.15) is 0 Å². The first-order chi connectivity index (χ1) is 9.63. The number of rotatable bonds is 5. The van der Waals surface area contributed by atoms with E-state index in [0.29, 0.717) is 23.2 Å². The fourth-order valence-corrected chi connectivity index (χ4v) is 2.80. The van der Waals surface area contributed by atoms with Crippen LogP contribution in [0.5, 0.6) is 0 Å². The molecule has 2 N–H and O–H groups in total. The van der Waals surface area contributed by atoms with E-state index < -0.39 is 0 Å². The number of aliphatic hydroxyl groups is 1. The lowest BCUT2D eigenvalue weighted by Gasteiger charge is -2.35. The smallest absolute Gasteiger partial charge is 0.285 e. The molecule has 2 unspecified atom stereocenters. The zero-order chi connectivity index (χ0) is 14.5. The molecule has 1 aromatic heterocycles. The molecule has 2 heterocycles. The number of anilines is 1. The summed E-state index contributed by atoms with van der Waals surface area (Å²) in [7, 11) is 0. The molecule has 7 nitrogen and oxygen atoms in total. The van der Waals surface area contributed by atoms with E-state index in [2.05, 4.69) is 22.4 Å². The Balaban J connectivity index is 2.00. The van der Waals surface area contributed by atoms with Gasteiger partial charge in [-0.3, -0.25) is 4.79 Å². The van der Waals surface area contributed by atoms with E-state index in [1.54, 1.807) is 4.90 Å². The third-order valence-electron chi connectivity index (χ3n) is 2.95. The Morgan fingerprint density at radius 2 is 2.35 bits per heavy atom. The molecule has 0 saturated carbocycles. The van der Waals surface area contributed by atoms with Gasteiger partial charge in [-0.25, -0.2) is 0 Å². The van der Waals surface area contributed by atoms with Crippen molar-refractivity contribution in [3.8, 4) is 0 Å². The number of nitrogens with zero attached hydrogens (tertiary/aromatic N) is 3. The minimum Gasteiger partial charge on any atom is -0.394 e. The molecule has 112 valence electrons. The van der Waals surface area contributed by atoms with Crippen molar-refractivity contribution in [1.29, 1.82) is 0 Å². The number of aromatic nitrogens is 2. The highest BCUT2D eigenvalue weighted by atomic mass is 32.1. The summed E-state index contributed by atoms with van der Waals surface area (Å²) in [4.78, 5) is 14.0. The van der Waals surface area contributed by atoms with Gasteiger partial charge in [0.05, 0.1) is 18.8 Å². The number of carbonyl (C=O) groups excluding carboxylic acids is 1. The predicted molar refractivity (Wildman–Crippen MR) is 76.0 cm³/mol. The third-order valence-corrected chi connectivity index (χ3v) is 3.82.